The molecule has 0 spiro atoms. The molecule has 2 N–H and O–H groups in total. The molecule has 1 saturated carbocycles. The molecule has 108 valence electrons. The highest BCUT2D eigenvalue weighted by atomic mass is 32.2. The highest BCUT2D eigenvalue weighted by Crippen LogP contribution is 2.32. The number of hydrogen-bond acceptors (Lipinski definition) is 5. The predicted molar refractivity (Wildman–Crippen MR) is 68.0 cm³/mol. The Morgan fingerprint density at radius 3 is 2.74 bits per heavy atom. The van der Waals surface area contributed by atoms with Crippen molar-refractivity contribution in [2.75, 3.05) is 20.3 Å². The standard InChI is InChI=1S/C11H19N3O4S/c1-8-10(7-15)11(13-12-8)19(16,17)14(5-6-18-2)9-3-4-9/h9,15H,3-7H2,1-2H3,(H,12,13). The quantitative estimate of drug-likeness (QED) is 0.737. The minimum Gasteiger partial charge on any atom is -0.392 e. The van der Waals surface area contributed by atoms with Gasteiger partial charge in [0, 0.05) is 31.0 Å². The molecule has 0 aromatic carbocycles. The highest BCUT2D eigenvalue weighted by molar-refractivity contribution is 7.89. The molecule has 1 aromatic heterocycles. The minimum atomic E-state index is -3.68. The molecule has 1 aliphatic rings. The normalized spacial score (nSPS) is 16.2. The van der Waals surface area contributed by atoms with E-state index in [1.807, 2.05) is 0 Å². The Hall–Kier alpha value is -0.960. The molecule has 0 radical (unpaired) electrons. The van der Waals surface area contributed by atoms with Gasteiger partial charge in [0.25, 0.3) is 10.0 Å². The third-order valence-electron chi connectivity index (χ3n) is 3.22. The fourth-order valence-electron chi connectivity index (χ4n) is 1.98. The first-order chi connectivity index (χ1) is 9.02. The van der Waals surface area contributed by atoms with E-state index in [2.05, 4.69) is 10.2 Å². The highest BCUT2D eigenvalue weighted by Gasteiger charge is 2.40. The zero-order valence-electron chi connectivity index (χ0n) is 11.1. The van der Waals surface area contributed by atoms with Crippen molar-refractivity contribution >= 4 is 10.0 Å². The van der Waals surface area contributed by atoms with E-state index in [0.29, 0.717) is 24.4 Å². The third kappa shape index (κ3) is 2.81. The molecule has 0 amide bonds. The fourth-order valence-corrected chi connectivity index (χ4v) is 3.81. The molecule has 7 nitrogen and oxygen atoms in total. The van der Waals surface area contributed by atoms with Crippen molar-refractivity contribution in [2.24, 2.45) is 0 Å². The second-order valence-electron chi connectivity index (χ2n) is 4.63. The Labute approximate surface area is 112 Å². The summed E-state index contributed by atoms with van der Waals surface area (Å²) in [4.78, 5) is 0. The first-order valence-electron chi connectivity index (χ1n) is 6.17. The van der Waals surface area contributed by atoms with Crippen molar-refractivity contribution in [3.63, 3.8) is 0 Å². The average Bonchev–Trinajstić information content (AvgIpc) is 3.11. The van der Waals surface area contributed by atoms with Crippen LogP contribution in [0, 0.1) is 6.92 Å². The van der Waals surface area contributed by atoms with E-state index in [4.69, 9.17) is 4.74 Å². The number of nitrogens with zero attached hydrogens (tertiary/aromatic N) is 2. The van der Waals surface area contributed by atoms with Gasteiger partial charge in [-0.15, -0.1) is 0 Å². The molecule has 0 aliphatic heterocycles. The van der Waals surface area contributed by atoms with Crippen molar-refractivity contribution in [1.82, 2.24) is 14.5 Å². The number of aryl methyl sites for hydroxylation is 1. The van der Waals surface area contributed by atoms with Gasteiger partial charge >= 0.3 is 0 Å². The number of aromatic nitrogens is 2. The number of H-pyrrole nitrogens is 1. The minimum absolute atomic E-state index is 0.0312. The molecule has 0 atom stereocenters. The maximum Gasteiger partial charge on any atom is 0.263 e. The summed E-state index contributed by atoms with van der Waals surface area (Å²) in [7, 11) is -2.14. The molecule has 0 saturated heterocycles. The van der Waals surface area contributed by atoms with Gasteiger partial charge in [0.15, 0.2) is 5.03 Å². The summed E-state index contributed by atoms with van der Waals surface area (Å²) in [5.74, 6) is 0. The summed E-state index contributed by atoms with van der Waals surface area (Å²) in [6.07, 6.45) is 1.72. The number of nitrogens with one attached hydrogen (secondary N) is 1. The number of hydrogen-bond donors (Lipinski definition) is 2. The lowest BCUT2D eigenvalue weighted by atomic mass is 10.3. The molecule has 1 heterocycles. The van der Waals surface area contributed by atoms with Gasteiger partial charge < -0.3 is 9.84 Å². The van der Waals surface area contributed by atoms with Crippen LogP contribution in [0.3, 0.4) is 0 Å². The monoisotopic (exact) mass is 289 g/mol. The van der Waals surface area contributed by atoms with E-state index in [1.165, 1.54) is 11.4 Å². The zero-order valence-corrected chi connectivity index (χ0v) is 11.9. The number of sulfonamides is 1. The number of rotatable bonds is 7. The Bertz CT molecular complexity index is 536. The van der Waals surface area contributed by atoms with Crippen LogP contribution in [-0.2, 0) is 21.4 Å². The van der Waals surface area contributed by atoms with Crippen LogP contribution in [0.25, 0.3) is 0 Å². The van der Waals surface area contributed by atoms with Crippen molar-refractivity contribution in [2.45, 2.75) is 37.4 Å². The molecular weight excluding hydrogens is 270 g/mol. The van der Waals surface area contributed by atoms with Gasteiger partial charge in [0.2, 0.25) is 0 Å². The Morgan fingerprint density at radius 1 is 1.53 bits per heavy atom. The molecule has 0 unspecified atom stereocenters. The molecule has 1 aromatic rings. The van der Waals surface area contributed by atoms with Crippen molar-refractivity contribution in [3.8, 4) is 0 Å². The lowest BCUT2D eigenvalue weighted by Crippen LogP contribution is -2.36. The summed E-state index contributed by atoms with van der Waals surface area (Å²) in [5, 5.41) is 15.7. The van der Waals surface area contributed by atoms with E-state index < -0.39 is 10.0 Å². The SMILES string of the molecule is COCCN(C1CC1)S(=O)(=O)c1n[nH]c(C)c1CO. The molecule has 8 heteroatoms. The number of aliphatic hydroxyl groups excluding tert-OH is 1. The van der Waals surface area contributed by atoms with Gasteiger partial charge in [-0.25, -0.2) is 8.42 Å². The van der Waals surface area contributed by atoms with Crippen LogP contribution >= 0.6 is 0 Å². The van der Waals surface area contributed by atoms with Crippen LogP contribution in [0.4, 0.5) is 0 Å². The Kier molecular flexibility index (Phi) is 4.24. The molecular formula is C11H19N3O4S. The first-order valence-corrected chi connectivity index (χ1v) is 7.61. The van der Waals surface area contributed by atoms with Crippen molar-refractivity contribution < 1.29 is 18.3 Å². The molecule has 19 heavy (non-hydrogen) atoms. The maximum atomic E-state index is 12.6. The predicted octanol–water partition coefficient (Wildman–Crippen LogP) is 0.00992. The lowest BCUT2D eigenvalue weighted by molar-refractivity contribution is 0.177. The first kappa shape index (κ1) is 14.4. The average molecular weight is 289 g/mol. The van der Waals surface area contributed by atoms with Crippen molar-refractivity contribution in [1.29, 1.82) is 0 Å². The van der Waals surface area contributed by atoms with E-state index in [0.717, 1.165) is 12.8 Å². The van der Waals surface area contributed by atoms with Crippen LogP contribution in [0.1, 0.15) is 24.1 Å². The lowest BCUT2D eigenvalue weighted by Gasteiger charge is -2.20. The van der Waals surface area contributed by atoms with Gasteiger partial charge in [-0.1, -0.05) is 0 Å². The number of aromatic amines is 1. The molecule has 2 rings (SSSR count). The van der Waals surface area contributed by atoms with E-state index in [9.17, 15) is 13.5 Å². The molecule has 1 fully saturated rings. The number of aliphatic hydroxyl groups is 1. The summed E-state index contributed by atoms with van der Waals surface area (Å²) >= 11 is 0. The van der Waals surface area contributed by atoms with Gasteiger partial charge in [0.05, 0.1) is 13.2 Å². The summed E-state index contributed by atoms with van der Waals surface area (Å²) in [6, 6.07) is 0.0312. The van der Waals surface area contributed by atoms with Crippen LogP contribution in [0.5, 0.6) is 0 Å². The number of ether oxygens (including phenoxy) is 1. The maximum absolute atomic E-state index is 12.6. The second-order valence-corrected chi connectivity index (χ2v) is 6.44. The summed E-state index contributed by atoms with van der Waals surface area (Å²) < 4.78 is 31.6. The smallest absolute Gasteiger partial charge is 0.263 e. The van der Waals surface area contributed by atoms with Crippen LogP contribution < -0.4 is 0 Å². The summed E-state index contributed by atoms with van der Waals surface area (Å²) in [5.41, 5.74) is 0.909. The summed E-state index contributed by atoms with van der Waals surface area (Å²) in [6.45, 7) is 1.99. The van der Waals surface area contributed by atoms with E-state index in [-0.39, 0.29) is 17.7 Å². The van der Waals surface area contributed by atoms with Gasteiger partial charge in [-0.2, -0.15) is 9.40 Å². The van der Waals surface area contributed by atoms with Crippen LogP contribution in [-0.4, -0.2) is 54.3 Å². The van der Waals surface area contributed by atoms with E-state index in [1.54, 1.807) is 6.92 Å². The third-order valence-corrected chi connectivity index (χ3v) is 5.14. The molecule has 0 bridgehead atoms. The van der Waals surface area contributed by atoms with Gasteiger partial charge in [-0.05, 0) is 19.8 Å². The largest absolute Gasteiger partial charge is 0.392 e. The van der Waals surface area contributed by atoms with Crippen LogP contribution in [0.2, 0.25) is 0 Å². The molecule has 1 aliphatic carbocycles. The zero-order chi connectivity index (χ0) is 14.0. The van der Waals surface area contributed by atoms with Crippen molar-refractivity contribution in [3.05, 3.63) is 11.3 Å². The Morgan fingerprint density at radius 2 is 2.21 bits per heavy atom. The fraction of sp³-hybridized carbons (Fsp3) is 0.727. The Balaban J connectivity index is 2.33. The van der Waals surface area contributed by atoms with Crippen LogP contribution in [0.15, 0.2) is 5.03 Å². The second kappa shape index (κ2) is 5.58. The van der Waals surface area contributed by atoms with Gasteiger partial charge in [0.1, 0.15) is 0 Å². The van der Waals surface area contributed by atoms with E-state index >= 15 is 0 Å². The topological polar surface area (TPSA) is 95.5 Å². The number of methoxy groups -OCH3 is 1. The van der Waals surface area contributed by atoms with Gasteiger partial charge in [-0.3, -0.25) is 5.10 Å².